The Morgan fingerprint density at radius 2 is 1.74 bits per heavy atom. The summed E-state index contributed by atoms with van der Waals surface area (Å²) in [6, 6.07) is 18.9. The minimum atomic E-state index is -3.97. The van der Waals surface area contributed by atoms with E-state index in [2.05, 4.69) is 10.0 Å². The van der Waals surface area contributed by atoms with E-state index in [4.69, 9.17) is 4.74 Å². The molecule has 0 atom stereocenters. The second kappa shape index (κ2) is 10.3. The third-order valence-electron chi connectivity index (χ3n) is 4.19. The Morgan fingerprint density at radius 1 is 1.03 bits per heavy atom. The first-order chi connectivity index (χ1) is 14.9. The highest BCUT2D eigenvalue weighted by molar-refractivity contribution is 7.99. The van der Waals surface area contributed by atoms with Crippen LogP contribution in [0.25, 0.3) is 0 Å². The molecule has 9 heteroatoms. The minimum absolute atomic E-state index is 0.0941. The van der Waals surface area contributed by atoms with Crippen molar-refractivity contribution in [1.29, 1.82) is 0 Å². The topological polar surface area (TPSA) is 84.5 Å². The van der Waals surface area contributed by atoms with Gasteiger partial charge in [0.25, 0.3) is 10.0 Å². The zero-order chi connectivity index (χ0) is 22.3. The van der Waals surface area contributed by atoms with E-state index in [-0.39, 0.29) is 22.2 Å². The summed E-state index contributed by atoms with van der Waals surface area (Å²) in [7, 11) is -2.56. The summed E-state index contributed by atoms with van der Waals surface area (Å²) in [5.41, 5.74) is 0.579. The molecule has 0 aliphatic rings. The van der Waals surface area contributed by atoms with E-state index in [0.29, 0.717) is 17.9 Å². The van der Waals surface area contributed by atoms with Gasteiger partial charge < -0.3 is 10.1 Å². The molecule has 0 bridgehead atoms. The van der Waals surface area contributed by atoms with Crippen LogP contribution in [0.5, 0.6) is 5.75 Å². The number of ether oxygens (including phenoxy) is 1. The Labute approximate surface area is 184 Å². The Morgan fingerprint density at radius 3 is 2.42 bits per heavy atom. The van der Waals surface area contributed by atoms with Gasteiger partial charge in [-0.05, 0) is 54.6 Å². The van der Waals surface area contributed by atoms with Crippen molar-refractivity contribution in [2.24, 2.45) is 0 Å². The standard InChI is InChI=1S/C22H21FN2O4S2/c1-29-21-12-9-17(24-22(26)13-14-30-18-5-3-2-4-6-18)15-20(21)25-31(27,28)19-10-7-16(23)8-11-19/h2-12,15,25H,13-14H2,1H3,(H,24,26). The molecular formula is C22H21FN2O4S2. The molecule has 0 fully saturated rings. The molecular weight excluding hydrogens is 439 g/mol. The smallest absolute Gasteiger partial charge is 0.262 e. The minimum Gasteiger partial charge on any atom is -0.495 e. The Kier molecular flexibility index (Phi) is 7.54. The number of halogens is 1. The average molecular weight is 461 g/mol. The largest absolute Gasteiger partial charge is 0.495 e. The third-order valence-corrected chi connectivity index (χ3v) is 6.59. The summed E-state index contributed by atoms with van der Waals surface area (Å²) in [4.78, 5) is 13.3. The molecule has 0 saturated carbocycles. The zero-order valence-corrected chi connectivity index (χ0v) is 18.3. The van der Waals surface area contributed by atoms with Crippen LogP contribution in [0.4, 0.5) is 15.8 Å². The lowest BCUT2D eigenvalue weighted by molar-refractivity contribution is -0.115. The molecule has 0 radical (unpaired) electrons. The Balaban J connectivity index is 1.67. The first-order valence-electron chi connectivity index (χ1n) is 9.31. The van der Waals surface area contributed by atoms with Crippen LogP contribution in [0.2, 0.25) is 0 Å². The van der Waals surface area contributed by atoms with Gasteiger partial charge in [-0.25, -0.2) is 12.8 Å². The number of anilines is 2. The van der Waals surface area contributed by atoms with E-state index in [1.54, 1.807) is 23.9 Å². The zero-order valence-electron chi connectivity index (χ0n) is 16.7. The predicted molar refractivity (Wildman–Crippen MR) is 121 cm³/mol. The van der Waals surface area contributed by atoms with Gasteiger partial charge in [0, 0.05) is 22.8 Å². The second-order valence-electron chi connectivity index (χ2n) is 6.43. The maximum Gasteiger partial charge on any atom is 0.262 e. The van der Waals surface area contributed by atoms with E-state index in [1.807, 2.05) is 30.3 Å². The lowest BCUT2D eigenvalue weighted by atomic mass is 10.2. The molecule has 0 aliphatic carbocycles. The summed E-state index contributed by atoms with van der Waals surface area (Å²) >= 11 is 1.58. The lowest BCUT2D eigenvalue weighted by Crippen LogP contribution is -2.15. The number of hydrogen-bond donors (Lipinski definition) is 2. The number of carbonyl (C=O) groups is 1. The molecule has 0 saturated heterocycles. The van der Waals surface area contributed by atoms with E-state index < -0.39 is 15.8 Å². The fourth-order valence-corrected chi connectivity index (χ4v) is 4.62. The van der Waals surface area contributed by atoms with E-state index in [1.165, 1.54) is 25.3 Å². The van der Waals surface area contributed by atoms with Crippen LogP contribution in [-0.2, 0) is 14.8 Å². The molecule has 162 valence electrons. The van der Waals surface area contributed by atoms with Gasteiger partial charge in [0.05, 0.1) is 17.7 Å². The number of benzene rings is 3. The highest BCUT2D eigenvalue weighted by Gasteiger charge is 2.17. The number of carbonyl (C=O) groups excluding carboxylic acids is 1. The lowest BCUT2D eigenvalue weighted by Gasteiger charge is -2.14. The number of nitrogens with one attached hydrogen (secondary N) is 2. The summed E-state index contributed by atoms with van der Waals surface area (Å²) in [5.74, 6) is 0.159. The molecule has 6 nitrogen and oxygen atoms in total. The van der Waals surface area contributed by atoms with Crippen molar-refractivity contribution in [2.45, 2.75) is 16.2 Å². The molecule has 0 heterocycles. The molecule has 1 amide bonds. The van der Waals surface area contributed by atoms with Crippen molar-refractivity contribution in [3.8, 4) is 5.75 Å². The molecule has 31 heavy (non-hydrogen) atoms. The summed E-state index contributed by atoms with van der Waals surface area (Å²) in [5, 5.41) is 2.76. The summed E-state index contributed by atoms with van der Waals surface area (Å²) in [6.45, 7) is 0. The van der Waals surface area contributed by atoms with E-state index in [9.17, 15) is 17.6 Å². The number of hydrogen-bond acceptors (Lipinski definition) is 5. The maximum absolute atomic E-state index is 13.1. The Bertz CT molecular complexity index is 1140. The van der Waals surface area contributed by atoms with Gasteiger partial charge in [-0.1, -0.05) is 18.2 Å². The molecule has 3 aromatic rings. The quantitative estimate of drug-likeness (QED) is 0.450. The monoisotopic (exact) mass is 460 g/mol. The first kappa shape index (κ1) is 22.6. The summed E-state index contributed by atoms with van der Waals surface area (Å²) in [6.07, 6.45) is 0.294. The van der Waals surface area contributed by atoms with Crippen LogP contribution in [0, 0.1) is 5.82 Å². The Hall–Kier alpha value is -3.04. The number of rotatable bonds is 9. The van der Waals surface area contributed by atoms with Crippen LogP contribution in [0.1, 0.15) is 6.42 Å². The molecule has 3 rings (SSSR count). The van der Waals surface area contributed by atoms with Gasteiger partial charge in [-0.2, -0.15) is 0 Å². The van der Waals surface area contributed by atoms with Crippen LogP contribution in [0.15, 0.2) is 82.6 Å². The second-order valence-corrected chi connectivity index (χ2v) is 9.28. The summed E-state index contributed by atoms with van der Waals surface area (Å²) < 4.78 is 46.0. The van der Waals surface area contributed by atoms with Crippen LogP contribution >= 0.6 is 11.8 Å². The molecule has 0 aliphatic heterocycles. The SMILES string of the molecule is COc1ccc(NC(=O)CCSc2ccccc2)cc1NS(=O)(=O)c1ccc(F)cc1. The van der Waals surface area contributed by atoms with Gasteiger partial charge in [0.2, 0.25) is 5.91 Å². The van der Waals surface area contributed by atoms with Crippen LogP contribution in [0.3, 0.4) is 0 Å². The van der Waals surface area contributed by atoms with Crippen LogP contribution < -0.4 is 14.8 Å². The number of sulfonamides is 1. The predicted octanol–water partition coefficient (Wildman–Crippen LogP) is 4.76. The van der Waals surface area contributed by atoms with Crippen molar-refractivity contribution >= 4 is 39.1 Å². The van der Waals surface area contributed by atoms with Crippen molar-refractivity contribution in [3.05, 3.63) is 78.6 Å². The molecule has 0 spiro atoms. The number of thioether (sulfide) groups is 1. The van der Waals surface area contributed by atoms with Gasteiger partial charge in [0.15, 0.2) is 0 Å². The normalized spacial score (nSPS) is 11.0. The number of amides is 1. The fourth-order valence-electron chi connectivity index (χ4n) is 2.68. The van der Waals surface area contributed by atoms with Gasteiger partial charge in [-0.3, -0.25) is 9.52 Å². The molecule has 0 unspecified atom stereocenters. The van der Waals surface area contributed by atoms with Crippen LogP contribution in [-0.4, -0.2) is 27.2 Å². The maximum atomic E-state index is 13.1. The highest BCUT2D eigenvalue weighted by Crippen LogP contribution is 2.30. The van der Waals surface area contributed by atoms with Crippen molar-refractivity contribution in [2.75, 3.05) is 22.9 Å². The number of methoxy groups -OCH3 is 1. The molecule has 0 aromatic heterocycles. The van der Waals surface area contributed by atoms with E-state index >= 15 is 0 Å². The third kappa shape index (κ3) is 6.47. The highest BCUT2D eigenvalue weighted by atomic mass is 32.2. The first-order valence-corrected chi connectivity index (χ1v) is 11.8. The van der Waals surface area contributed by atoms with Gasteiger partial charge in [0.1, 0.15) is 11.6 Å². The molecule has 3 aromatic carbocycles. The average Bonchev–Trinajstić information content (AvgIpc) is 2.75. The molecule has 2 N–H and O–H groups in total. The van der Waals surface area contributed by atoms with Crippen molar-refractivity contribution in [1.82, 2.24) is 0 Å². The van der Waals surface area contributed by atoms with Crippen molar-refractivity contribution in [3.63, 3.8) is 0 Å². The van der Waals surface area contributed by atoms with E-state index in [0.717, 1.165) is 17.0 Å². The van der Waals surface area contributed by atoms with Crippen molar-refractivity contribution < 1.29 is 22.3 Å². The van der Waals surface area contributed by atoms with Gasteiger partial charge in [-0.15, -0.1) is 11.8 Å². The fraction of sp³-hybridized carbons (Fsp3) is 0.136. The van der Waals surface area contributed by atoms with Gasteiger partial charge >= 0.3 is 0 Å².